The number of para-hydroxylation sites is 1. The van der Waals surface area contributed by atoms with Gasteiger partial charge in [-0.2, -0.15) is 0 Å². The highest BCUT2D eigenvalue weighted by atomic mass is 32.2. The Hall–Kier alpha value is -1.43. The monoisotopic (exact) mass is 259 g/mol. The van der Waals surface area contributed by atoms with Gasteiger partial charge >= 0.3 is 0 Å². The van der Waals surface area contributed by atoms with Crippen LogP contribution in [0.1, 0.15) is 20.8 Å². The second kappa shape index (κ2) is 4.44. The maximum absolute atomic E-state index is 12.0. The number of ether oxygens (including phenoxy) is 1. The summed E-state index contributed by atoms with van der Waals surface area (Å²) < 4.78 is 30.3. The van der Waals surface area contributed by atoms with E-state index in [0.717, 1.165) is 0 Å². The van der Waals surface area contributed by atoms with Crippen LogP contribution in [0.2, 0.25) is 0 Å². The lowest BCUT2D eigenvalue weighted by Crippen LogP contribution is -2.33. The Bertz CT molecular complexity index is 503. The molecule has 2 N–H and O–H groups in total. The largest absolute Gasteiger partial charge is 0.506 e. The molecule has 0 aliphatic carbocycles. The average Bonchev–Trinajstić information content (AvgIpc) is 2.19. The third kappa shape index (κ3) is 2.82. The van der Waals surface area contributed by atoms with Gasteiger partial charge in [-0.05, 0) is 32.9 Å². The number of hydrogen-bond donors (Lipinski definition) is 2. The zero-order valence-corrected chi connectivity index (χ0v) is 11.1. The third-order valence-corrected chi connectivity index (χ3v) is 4.35. The fourth-order valence-corrected chi connectivity index (χ4v) is 1.86. The molecule has 0 saturated carbocycles. The summed E-state index contributed by atoms with van der Waals surface area (Å²) in [6.07, 6.45) is 0. The molecule has 0 unspecified atom stereocenters. The maximum Gasteiger partial charge on any atom is 0.237 e. The summed E-state index contributed by atoms with van der Waals surface area (Å²) in [4.78, 5) is 0. The highest BCUT2D eigenvalue weighted by Crippen LogP contribution is 2.35. The SMILES string of the molecule is COc1cccc(O)c1NS(=O)(=O)C(C)(C)C. The van der Waals surface area contributed by atoms with Gasteiger partial charge in [-0.1, -0.05) is 6.07 Å². The van der Waals surface area contributed by atoms with Crippen LogP contribution >= 0.6 is 0 Å². The van der Waals surface area contributed by atoms with E-state index in [9.17, 15) is 13.5 Å². The fraction of sp³-hybridized carbons (Fsp3) is 0.455. The van der Waals surface area contributed by atoms with Crippen molar-refractivity contribution in [2.75, 3.05) is 11.8 Å². The summed E-state index contributed by atoms with van der Waals surface area (Å²) in [6, 6.07) is 4.53. The number of nitrogens with one attached hydrogen (secondary N) is 1. The molecule has 0 bridgehead atoms. The highest BCUT2D eigenvalue weighted by molar-refractivity contribution is 7.94. The van der Waals surface area contributed by atoms with E-state index in [1.165, 1.54) is 13.2 Å². The Morgan fingerprint density at radius 2 is 1.88 bits per heavy atom. The molecule has 96 valence electrons. The van der Waals surface area contributed by atoms with Crippen LogP contribution < -0.4 is 9.46 Å². The summed E-state index contributed by atoms with van der Waals surface area (Å²) in [5, 5.41) is 9.64. The number of methoxy groups -OCH3 is 1. The number of hydrogen-bond acceptors (Lipinski definition) is 4. The molecule has 0 heterocycles. The topological polar surface area (TPSA) is 75.6 Å². The molecule has 0 aliphatic rings. The molecular formula is C11H17NO4S. The van der Waals surface area contributed by atoms with Crippen molar-refractivity contribution in [1.29, 1.82) is 0 Å². The normalized spacial score (nSPS) is 12.2. The van der Waals surface area contributed by atoms with E-state index < -0.39 is 14.8 Å². The van der Waals surface area contributed by atoms with Gasteiger partial charge in [-0.25, -0.2) is 8.42 Å². The minimum absolute atomic E-state index is 0.0601. The van der Waals surface area contributed by atoms with Gasteiger partial charge in [0.05, 0.1) is 11.9 Å². The van der Waals surface area contributed by atoms with Gasteiger partial charge in [0.25, 0.3) is 0 Å². The van der Waals surface area contributed by atoms with Crippen LogP contribution in [0.15, 0.2) is 18.2 Å². The van der Waals surface area contributed by atoms with Crippen molar-refractivity contribution < 1.29 is 18.3 Å². The van der Waals surface area contributed by atoms with Gasteiger partial charge in [0.1, 0.15) is 17.2 Å². The van der Waals surface area contributed by atoms with E-state index in [-0.39, 0.29) is 17.2 Å². The van der Waals surface area contributed by atoms with Crippen LogP contribution in [-0.2, 0) is 10.0 Å². The molecule has 17 heavy (non-hydrogen) atoms. The molecule has 0 amide bonds. The Balaban J connectivity index is 3.21. The van der Waals surface area contributed by atoms with Gasteiger partial charge in [-0.3, -0.25) is 4.72 Å². The molecule has 1 rings (SSSR count). The lowest BCUT2D eigenvalue weighted by molar-refractivity contribution is 0.411. The van der Waals surface area contributed by atoms with E-state index in [1.54, 1.807) is 32.9 Å². The number of sulfonamides is 1. The summed E-state index contributed by atoms with van der Waals surface area (Å²) in [5.74, 6) is 0.106. The Labute approximate surface area is 101 Å². The van der Waals surface area contributed by atoms with Crippen molar-refractivity contribution in [1.82, 2.24) is 0 Å². The minimum atomic E-state index is -3.60. The molecule has 6 heteroatoms. The first-order chi connectivity index (χ1) is 7.69. The summed E-state index contributed by atoms with van der Waals surface area (Å²) in [7, 11) is -2.19. The molecule has 0 saturated heterocycles. The maximum atomic E-state index is 12.0. The Morgan fingerprint density at radius 3 is 2.35 bits per heavy atom. The van der Waals surface area contributed by atoms with E-state index in [4.69, 9.17) is 4.74 Å². The first-order valence-corrected chi connectivity index (χ1v) is 6.55. The lowest BCUT2D eigenvalue weighted by Gasteiger charge is -2.21. The lowest BCUT2D eigenvalue weighted by atomic mass is 10.3. The van der Waals surface area contributed by atoms with Crippen molar-refractivity contribution in [3.63, 3.8) is 0 Å². The molecule has 5 nitrogen and oxygen atoms in total. The standard InChI is InChI=1S/C11H17NO4S/c1-11(2,3)17(14,15)12-10-8(13)6-5-7-9(10)16-4/h5-7,12-13H,1-4H3. The first-order valence-electron chi connectivity index (χ1n) is 5.07. The zero-order valence-electron chi connectivity index (χ0n) is 10.3. The summed E-state index contributed by atoms with van der Waals surface area (Å²) >= 11 is 0. The first kappa shape index (κ1) is 13.6. The minimum Gasteiger partial charge on any atom is -0.506 e. The number of aromatic hydroxyl groups is 1. The molecule has 0 fully saturated rings. The predicted molar refractivity (Wildman–Crippen MR) is 67.0 cm³/mol. The zero-order chi connectivity index (χ0) is 13.3. The van der Waals surface area contributed by atoms with Gasteiger partial charge in [-0.15, -0.1) is 0 Å². The van der Waals surface area contributed by atoms with E-state index >= 15 is 0 Å². The van der Waals surface area contributed by atoms with Crippen LogP contribution in [0.5, 0.6) is 11.5 Å². The van der Waals surface area contributed by atoms with Crippen molar-refractivity contribution in [2.45, 2.75) is 25.5 Å². The second-order valence-corrected chi connectivity index (χ2v) is 7.01. The fourth-order valence-electron chi connectivity index (χ4n) is 1.08. The van der Waals surface area contributed by atoms with Crippen LogP contribution in [0.4, 0.5) is 5.69 Å². The van der Waals surface area contributed by atoms with Crippen LogP contribution in [0.3, 0.4) is 0 Å². The molecule has 0 radical (unpaired) electrons. The van der Waals surface area contributed by atoms with Gasteiger partial charge in [0, 0.05) is 0 Å². The molecule has 0 aromatic heterocycles. The van der Waals surface area contributed by atoms with Gasteiger partial charge in [0.15, 0.2) is 0 Å². The molecular weight excluding hydrogens is 242 g/mol. The average molecular weight is 259 g/mol. The molecule has 1 aromatic rings. The third-order valence-electron chi connectivity index (χ3n) is 2.27. The quantitative estimate of drug-likeness (QED) is 0.813. The number of anilines is 1. The van der Waals surface area contributed by atoms with Crippen molar-refractivity contribution >= 4 is 15.7 Å². The molecule has 0 spiro atoms. The Kier molecular flexibility index (Phi) is 3.56. The number of benzene rings is 1. The van der Waals surface area contributed by atoms with E-state index in [0.29, 0.717) is 0 Å². The van der Waals surface area contributed by atoms with Crippen molar-refractivity contribution in [3.05, 3.63) is 18.2 Å². The molecule has 0 aliphatic heterocycles. The number of phenolic OH excluding ortho intramolecular Hbond substituents is 1. The summed E-state index contributed by atoms with van der Waals surface area (Å²) in [5.41, 5.74) is 0.0601. The van der Waals surface area contributed by atoms with Gasteiger partial charge < -0.3 is 9.84 Å². The number of rotatable bonds is 3. The predicted octanol–water partition coefficient (Wildman–Crippen LogP) is 1.94. The van der Waals surface area contributed by atoms with E-state index in [2.05, 4.69) is 4.72 Å². The summed E-state index contributed by atoms with van der Waals surface area (Å²) in [6.45, 7) is 4.71. The van der Waals surface area contributed by atoms with Crippen LogP contribution in [0, 0.1) is 0 Å². The molecule has 0 atom stereocenters. The van der Waals surface area contributed by atoms with Crippen LogP contribution in [-0.4, -0.2) is 25.4 Å². The smallest absolute Gasteiger partial charge is 0.237 e. The Morgan fingerprint density at radius 1 is 1.29 bits per heavy atom. The second-order valence-electron chi connectivity index (χ2n) is 4.57. The van der Waals surface area contributed by atoms with Gasteiger partial charge in [0.2, 0.25) is 10.0 Å². The van der Waals surface area contributed by atoms with E-state index in [1.807, 2.05) is 0 Å². The number of phenols is 1. The highest BCUT2D eigenvalue weighted by Gasteiger charge is 2.30. The van der Waals surface area contributed by atoms with Crippen molar-refractivity contribution in [3.8, 4) is 11.5 Å². The van der Waals surface area contributed by atoms with Crippen LogP contribution in [0.25, 0.3) is 0 Å². The van der Waals surface area contributed by atoms with Crippen molar-refractivity contribution in [2.24, 2.45) is 0 Å². The molecule has 1 aromatic carbocycles.